The molecule has 1 aliphatic rings. The molecule has 0 bridgehead atoms. The van der Waals surface area contributed by atoms with Gasteiger partial charge in [-0.15, -0.1) is 6.58 Å². The molecule has 0 spiro atoms. The van der Waals surface area contributed by atoms with E-state index in [9.17, 15) is 4.79 Å². The van der Waals surface area contributed by atoms with E-state index >= 15 is 0 Å². The van der Waals surface area contributed by atoms with Gasteiger partial charge in [-0.3, -0.25) is 4.79 Å². The van der Waals surface area contributed by atoms with Crippen molar-refractivity contribution in [2.24, 2.45) is 0 Å². The average Bonchev–Trinajstić information content (AvgIpc) is 2.78. The summed E-state index contributed by atoms with van der Waals surface area (Å²) in [5.74, 6) is 1.88. The predicted octanol–water partition coefficient (Wildman–Crippen LogP) is 3.60. The smallest absolute Gasteiger partial charge is 0.258 e. The highest BCUT2D eigenvalue weighted by atomic mass is 16.5. The third-order valence-corrected chi connectivity index (χ3v) is 5.18. The van der Waals surface area contributed by atoms with Gasteiger partial charge in [0.1, 0.15) is 5.75 Å². The van der Waals surface area contributed by atoms with Gasteiger partial charge in [0.2, 0.25) is 0 Å². The molecule has 6 heteroatoms. The number of piperidine rings is 1. The molecule has 0 aromatic heterocycles. The minimum absolute atomic E-state index is 0.0533. The standard InChI is InChI=1S/C24H30N2O4/c1-4-8-18-12-13-22(23(15-18)29-3)30-17-24(27)25-19-9-7-14-26(16-19)20-10-5-6-11-21(20)28-2/h4-6,10-13,15,19H,1,7-9,14,16-17H2,2-3H3,(H,25,27). The molecule has 160 valence electrons. The SMILES string of the molecule is C=CCc1ccc(OCC(=O)NC2CCCN(c3ccccc3OC)C2)c(OC)c1. The number of carbonyl (C=O) groups is 1. The molecule has 1 unspecified atom stereocenters. The van der Waals surface area contributed by atoms with Gasteiger partial charge in [0.05, 0.1) is 19.9 Å². The Balaban J connectivity index is 1.55. The highest BCUT2D eigenvalue weighted by Crippen LogP contribution is 2.30. The number of hydrogen-bond acceptors (Lipinski definition) is 5. The van der Waals surface area contributed by atoms with Crippen molar-refractivity contribution in [3.05, 3.63) is 60.7 Å². The van der Waals surface area contributed by atoms with Crippen LogP contribution >= 0.6 is 0 Å². The number of benzene rings is 2. The van der Waals surface area contributed by atoms with Crippen molar-refractivity contribution < 1.29 is 19.0 Å². The van der Waals surface area contributed by atoms with Crippen LogP contribution in [0, 0.1) is 0 Å². The second-order valence-corrected chi connectivity index (χ2v) is 7.29. The largest absolute Gasteiger partial charge is 0.495 e. The van der Waals surface area contributed by atoms with E-state index in [1.165, 1.54) is 0 Å². The Hall–Kier alpha value is -3.15. The molecule has 1 amide bonds. The maximum atomic E-state index is 12.5. The Morgan fingerprint density at radius 3 is 2.73 bits per heavy atom. The molecular weight excluding hydrogens is 380 g/mol. The summed E-state index contributed by atoms with van der Waals surface area (Å²) in [7, 11) is 3.27. The molecule has 0 saturated carbocycles. The number of nitrogens with zero attached hydrogens (tertiary/aromatic N) is 1. The number of allylic oxidation sites excluding steroid dienone is 1. The first-order valence-corrected chi connectivity index (χ1v) is 10.2. The lowest BCUT2D eigenvalue weighted by molar-refractivity contribution is -0.123. The van der Waals surface area contributed by atoms with E-state index in [4.69, 9.17) is 14.2 Å². The van der Waals surface area contributed by atoms with Crippen LogP contribution in [0.1, 0.15) is 18.4 Å². The summed E-state index contributed by atoms with van der Waals surface area (Å²) >= 11 is 0. The highest BCUT2D eigenvalue weighted by molar-refractivity contribution is 5.78. The van der Waals surface area contributed by atoms with Gasteiger partial charge in [-0.25, -0.2) is 0 Å². The first-order chi connectivity index (χ1) is 14.6. The monoisotopic (exact) mass is 410 g/mol. The summed E-state index contributed by atoms with van der Waals surface area (Å²) in [6, 6.07) is 13.7. The van der Waals surface area contributed by atoms with Crippen LogP contribution in [-0.4, -0.2) is 45.9 Å². The summed E-state index contributed by atoms with van der Waals surface area (Å²) < 4.78 is 16.6. The topological polar surface area (TPSA) is 60.0 Å². The minimum atomic E-state index is -0.140. The van der Waals surface area contributed by atoms with Gasteiger partial charge < -0.3 is 24.4 Å². The molecular formula is C24H30N2O4. The molecule has 1 heterocycles. The van der Waals surface area contributed by atoms with E-state index in [0.29, 0.717) is 11.5 Å². The molecule has 1 N–H and O–H groups in total. The van der Waals surface area contributed by atoms with Gasteiger partial charge in [-0.1, -0.05) is 24.3 Å². The normalized spacial score (nSPS) is 15.9. The zero-order valence-corrected chi connectivity index (χ0v) is 17.7. The average molecular weight is 411 g/mol. The fraction of sp³-hybridized carbons (Fsp3) is 0.375. The van der Waals surface area contributed by atoms with Crippen molar-refractivity contribution in [3.8, 4) is 17.2 Å². The van der Waals surface area contributed by atoms with Gasteiger partial charge in [0.15, 0.2) is 18.1 Å². The number of carbonyl (C=O) groups excluding carboxylic acids is 1. The van der Waals surface area contributed by atoms with Gasteiger partial charge in [0.25, 0.3) is 5.91 Å². The fourth-order valence-electron chi connectivity index (χ4n) is 3.74. The van der Waals surface area contributed by atoms with Gasteiger partial charge in [0, 0.05) is 19.1 Å². The van der Waals surface area contributed by atoms with Crippen LogP contribution in [-0.2, 0) is 11.2 Å². The Labute approximate surface area is 178 Å². The van der Waals surface area contributed by atoms with Crippen LogP contribution in [0.25, 0.3) is 0 Å². The van der Waals surface area contributed by atoms with Crippen LogP contribution in [0.5, 0.6) is 17.2 Å². The second-order valence-electron chi connectivity index (χ2n) is 7.29. The summed E-state index contributed by atoms with van der Waals surface area (Å²) in [6.07, 6.45) is 4.53. The molecule has 1 saturated heterocycles. The summed E-state index contributed by atoms with van der Waals surface area (Å²) in [5, 5.41) is 3.09. The molecule has 1 atom stereocenters. The molecule has 0 radical (unpaired) electrons. The molecule has 30 heavy (non-hydrogen) atoms. The number of methoxy groups -OCH3 is 2. The zero-order chi connectivity index (χ0) is 21.3. The lowest BCUT2D eigenvalue weighted by atomic mass is 10.0. The van der Waals surface area contributed by atoms with Crippen LogP contribution in [0.15, 0.2) is 55.1 Å². The number of rotatable bonds is 9. The van der Waals surface area contributed by atoms with Crippen LogP contribution in [0.4, 0.5) is 5.69 Å². The Bertz CT molecular complexity index is 868. The lowest BCUT2D eigenvalue weighted by Gasteiger charge is -2.35. The Kier molecular flexibility index (Phi) is 7.60. The van der Waals surface area contributed by atoms with Gasteiger partial charge in [-0.05, 0) is 49.1 Å². The Morgan fingerprint density at radius 2 is 1.97 bits per heavy atom. The van der Waals surface area contributed by atoms with E-state index in [0.717, 1.165) is 49.4 Å². The van der Waals surface area contributed by atoms with E-state index in [2.05, 4.69) is 22.9 Å². The molecule has 2 aromatic carbocycles. The second kappa shape index (κ2) is 10.6. The molecule has 3 rings (SSSR count). The predicted molar refractivity (Wildman–Crippen MR) is 119 cm³/mol. The van der Waals surface area contributed by atoms with Crippen LogP contribution < -0.4 is 24.4 Å². The third kappa shape index (κ3) is 5.47. The molecule has 1 fully saturated rings. The van der Waals surface area contributed by atoms with Crippen molar-refractivity contribution >= 4 is 11.6 Å². The van der Waals surface area contributed by atoms with Crippen molar-refractivity contribution in [2.45, 2.75) is 25.3 Å². The fourth-order valence-corrected chi connectivity index (χ4v) is 3.74. The zero-order valence-electron chi connectivity index (χ0n) is 17.7. The molecule has 6 nitrogen and oxygen atoms in total. The number of para-hydroxylation sites is 2. The van der Waals surface area contributed by atoms with E-state index in [1.54, 1.807) is 14.2 Å². The number of hydrogen-bond donors (Lipinski definition) is 1. The first-order valence-electron chi connectivity index (χ1n) is 10.2. The number of amides is 1. The van der Waals surface area contributed by atoms with Crippen molar-refractivity contribution in [1.82, 2.24) is 5.32 Å². The maximum absolute atomic E-state index is 12.5. The molecule has 1 aliphatic heterocycles. The summed E-state index contributed by atoms with van der Waals surface area (Å²) in [6.45, 7) is 5.38. The number of anilines is 1. The van der Waals surface area contributed by atoms with Crippen LogP contribution in [0.3, 0.4) is 0 Å². The summed E-state index contributed by atoms with van der Waals surface area (Å²) in [4.78, 5) is 14.7. The molecule has 2 aromatic rings. The quantitative estimate of drug-likeness (QED) is 0.640. The summed E-state index contributed by atoms with van der Waals surface area (Å²) in [5.41, 5.74) is 2.14. The highest BCUT2D eigenvalue weighted by Gasteiger charge is 2.23. The van der Waals surface area contributed by atoms with Gasteiger partial charge in [-0.2, -0.15) is 0 Å². The van der Waals surface area contributed by atoms with Crippen molar-refractivity contribution in [3.63, 3.8) is 0 Å². The van der Waals surface area contributed by atoms with Crippen molar-refractivity contribution in [1.29, 1.82) is 0 Å². The first kappa shape index (κ1) is 21.6. The Morgan fingerprint density at radius 1 is 1.17 bits per heavy atom. The van der Waals surface area contributed by atoms with Gasteiger partial charge >= 0.3 is 0 Å². The number of ether oxygens (including phenoxy) is 3. The van der Waals surface area contributed by atoms with Crippen molar-refractivity contribution in [2.75, 3.05) is 38.8 Å². The molecule has 0 aliphatic carbocycles. The van der Waals surface area contributed by atoms with Crippen LogP contribution in [0.2, 0.25) is 0 Å². The van der Waals surface area contributed by atoms with E-state index < -0.39 is 0 Å². The third-order valence-electron chi connectivity index (χ3n) is 5.18. The van der Waals surface area contributed by atoms with E-state index in [1.807, 2.05) is 42.5 Å². The number of nitrogens with one attached hydrogen (secondary N) is 1. The van der Waals surface area contributed by atoms with E-state index in [-0.39, 0.29) is 18.6 Å². The maximum Gasteiger partial charge on any atom is 0.258 e. The lowest BCUT2D eigenvalue weighted by Crippen LogP contribution is -2.49. The minimum Gasteiger partial charge on any atom is -0.495 e.